The number of halogens is 3. The molecule has 4 amide bonds. The van der Waals surface area contributed by atoms with Gasteiger partial charge in [-0.25, -0.2) is 4.90 Å². The van der Waals surface area contributed by atoms with Crippen LogP contribution < -0.4 is 19.4 Å². The number of phenolic OH excluding ortho intramolecular Hbond substituents is 1. The fourth-order valence-corrected chi connectivity index (χ4v) is 12.9. The Kier molecular flexibility index (Phi) is 9.83. The Balaban J connectivity index is 1.07. The molecule has 3 aromatic carbocycles. The monoisotopic (exact) mass is 987 g/mol. The largest absolute Gasteiger partial charge is 0.503 e. The maximum atomic E-state index is 15.4. The fourth-order valence-electron chi connectivity index (χ4n) is 10.7. The fraction of sp³-hybridized carbons (Fsp3) is 0.356. The highest BCUT2D eigenvalue weighted by atomic mass is 79.9. The van der Waals surface area contributed by atoms with Crippen LogP contribution in [0, 0.1) is 36.0 Å². The number of carbonyl (C=O) groups excluding carboxylic acids is 4. The number of amides is 4. The minimum Gasteiger partial charge on any atom is -0.503 e. The molecule has 1 saturated carbocycles. The summed E-state index contributed by atoms with van der Waals surface area (Å²) in [4.78, 5) is 65.3. The highest BCUT2D eigenvalue weighted by Crippen LogP contribution is 2.65. The van der Waals surface area contributed by atoms with E-state index in [0.717, 1.165) is 44.9 Å². The molecule has 4 fully saturated rings. The number of phenols is 1. The second-order valence-corrected chi connectivity index (χ2v) is 19.7. The maximum Gasteiger partial charge on any atom is 0.242 e. The second kappa shape index (κ2) is 14.8. The molecule has 5 aliphatic rings. The molecule has 3 aliphatic heterocycles. The molecule has 314 valence electrons. The molecule has 0 bridgehead atoms. The Hall–Kier alpha value is -4.54. The number of aryl methyl sites for hydroxylation is 2. The number of anilines is 3. The van der Waals surface area contributed by atoms with Crippen molar-refractivity contribution in [2.24, 2.45) is 36.1 Å². The molecule has 3 saturated heterocycles. The van der Waals surface area contributed by atoms with Crippen LogP contribution in [0.2, 0.25) is 5.02 Å². The molecule has 61 heavy (non-hydrogen) atoms. The molecule has 6 atom stereocenters. The first-order valence-corrected chi connectivity index (χ1v) is 22.9. The average Bonchev–Trinajstić information content (AvgIpc) is 3.93. The summed E-state index contributed by atoms with van der Waals surface area (Å²) in [7, 11) is 3.17. The SMILES string of the molecule is COc1cc(C2C3=CCC4C(=O)N(c5ccc(N6CCOCC6)cc5)C(=O)C4C3CC3C(=O)N(c4cc(-c5sc6ccc(Cl)cc6c5C)nn4C)C(=O)C32C)c(Br)c(Br)c1O. The van der Waals surface area contributed by atoms with Gasteiger partial charge in [0.05, 0.1) is 58.5 Å². The molecular formula is C45H40Br2ClN5O7S. The first-order valence-electron chi connectivity index (χ1n) is 20.1. The van der Waals surface area contributed by atoms with E-state index < -0.39 is 46.8 Å². The standard InChI is InChI=1S/C45H40Br2ClN5O7S/c1-21-27-17-22(48)5-12-33(27)61-40(21)31-20-34(50(3)49-31)53-42(56)30-18-28-25(36(45(30,2)44(53)58)29-19-32(59-4)39(54)38(47)37(29)46)10-11-26-35(28)43(57)52(41(26)55)24-8-6-23(7-9-24)51-13-15-60-16-14-51/h5-10,12,17,19-20,26,28,30,35-36,54H,11,13-16,18H2,1-4H3. The number of fused-ring (bicyclic) bond motifs is 5. The van der Waals surface area contributed by atoms with Crippen LogP contribution in [0.25, 0.3) is 20.7 Å². The lowest BCUT2D eigenvalue weighted by Gasteiger charge is -2.49. The number of hydrogen-bond donors (Lipinski definition) is 1. The zero-order valence-corrected chi connectivity index (χ0v) is 38.3. The van der Waals surface area contributed by atoms with Crippen molar-refractivity contribution < 1.29 is 33.8 Å². The third-order valence-corrected chi connectivity index (χ3v) is 17.4. The highest BCUT2D eigenvalue weighted by Gasteiger charge is 2.68. The number of hydrogen-bond acceptors (Lipinski definition) is 10. The molecule has 1 N–H and O–H groups in total. The quantitative estimate of drug-likeness (QED) is 0.131. The van der Waals surface area contributed by atoms with Gasteiger partial charge in [-0.1, -0.05) is 23.3 Å². The molecule has 2 aromatic heterocycles. The molecule has 10 rings (SSSR count). The van der Waals surface area contributed by atoms with Crippen LogP contribution >= 0.6 is 54.8 Å². The third-order valence-electron chi connectivity index (χ3n) is 13.7. The van der Waals surface area contributed by atoms with Gasteiger partial charge < -0.3 is 19.5 Å². The Bertz CT molecular complexity index is 2760. The molecule has 0 spiro atoms. The average molecular weight is 990 g/mol. The smallest absolute Gasteiger partial charge is 0.242 e. The zero-order chi connectivity index (χ0) is 42.8. The summed E-state index contributed by atoms with van der Waals surface area (Å²) in [6, 6.07) is 16.7. The van der Waals surface area contributed by atoms with Gasteiger partial charge in [0, 0.05) is 52.0 Å². The third kappa shape index (κ3) is 5.93. The van der Waals surface area contributed by atoms with Crippen molar-refractivity contribution in [3.8, 4) is 22.1 Å². The number of morpholine rings is 1. The van der Waals surface area contributed by atoms with Gasteiger partial charge in [-0.2, -0.15) is 5.10 Å². The Morgan fingerprint density at radius 1 is 0.934 bits per heavy atom. The van der Waals surface area contributed by atoms with Gasteiger partial charge in [0.25, 0.3) is 0 Å². The molecule has 6 unspecified atom stereocenters. The van der Waals surface area contributed by atoms with Crippen LogP contribution in [-0.4, -0.2) is 71.9 Å². The number of carbonyl (C=O) groups is 4. The Morgan fingerprint density at radius 3 is 2.38 bits per heavy atom. The minimum absolute atomic E-state index is 0.131. The van der Waals surface area contributed by atoms with E-state index in [1.54, 1.807) is 35.2 Å². The van der Waals surface area contributed by atoms with Crippen molar-refractivity contribution in [2.45, 2.75) is 32.6 Å². The number of allylic oxidation sites excluding steroid dienone is 2. The van der Waals surface area contributed by atoms with Gasteiger partial charge in [-0.3, -0.25) is 28.8 Å². The molecule has 0 radical (unpaired) electrons. The number of aromatic nitrogens is 2. The number of aromatic hydroxyl groups is 1. The summed E-state index contributed by atoms with van der Waals surface area (Å²) >= 11 is 15.2. The van der Waals surface area contributed by atoms with E-state index >= 15 is 9.59 Å². The van der Waals surface area contributed by atoms with E-state index in [-0.39, 0.29) is 36.2 Å². The summed E-state index contributed by atoms with van der Waals surface area (Å²) in [6.07, 6.45) is 2.47. The van der Waals surface area contributed by atoms with Crippen molar-refractivity contribution in [3.05, 3.63) is 91.3 Å². The number of imide groups is 2. The van der Waals surface area contributed by atoms with Gasteiger partial charge >= 0.3 is 0 Å². The van der Waals surface area contributed by atoms with Crippen LogP contribution in [0.5, 0.6) is 11.5 Å². The molecule has 5 aromatic rings. The van der Waals surface area contributed by atoms with Crippen LogP contribution in [-0.2, 0) is 31.0 Å². The van der Waals surface area contributed by atoms with E-state index in [9.17, 15) is 14.7 Å². The molecule has 2 aliphatic carbocycles. The number of methoxy groups -OCH3 is 1. The number of rotatable bonds is 6. The van der Waals surface area contributed by atoms with E-state index in [1.165, 1.54) is 16.9 Å². The van der Waals surface area contributed by atoms with Gasteiger partial charge in [-0.15, -0.1) is 11.3 Å². The molecule has 12 nitrogen and oxygen atoms in total. The van der Waals surface area contributed by atoms with Crippen molar-refractivity contribution in [2.75, 3.05) is 48.1 Å². The van der Waals surface area contributed by atoms with E-state index in [0.29, 0.717) is 49.9 Å². The number of ether oxygens (including phenoxy) is 2. The molecule has 5 heterocycles. The zero-order valence-electron chi connectivity index (χ0n) is 33.6. The predicted molar refractivity (Wildman–Crippen MR) is 240 cm³/mol. The number of thiophene rings is 1. The van der Waals surface area contributed by atoms with E-state index in [1.807, 2.05) is 62.4 Å². The maximum absolute atomic E-state index is 15.4. The number of nitrogens with zero attached hydrogens (tertiary/aromatic N) is 5. The van der Waals surface area contributed by atoms with Crippen LogP contribution in [0.3, 0.4) is 0 Å². The first-order chi connectivity index (χ1) is 29.2. The first kappa shape index (κ1) is 40.5. The summed E-state index contributed by atoms with van der Waals surface area (Å²) in [5.74, 6) is -4.63. The van der Waals surface area contributed by atoms with Crippen LogP contribution in [0.4, 0.5) is 17.2 Å². The van der Waals surface area contributed by atoms with Gasteiger partial charge in [0.1, 0.15) is 11.5 Å². The van der Waals surface area contributed by atoms with Gasteiger partial charge in [0.2, 0.25) is 23.6 Å². The second-order valence-electron chi connectivity index (χ2n) is 16.6. The number of benzene rings is 3. The van der Waals surface area contributed by atoms with Gasteiger partial charge in [-0.05, 0) is 130 Å². The lowest BCUT2D eigenvalue weighted by molar-refractivity contribution is -0.131. The van der Waals surface area contributed by atoms with Crippen LogP contribution in [0.1, 0.15) is 36.8 Å². The summed E-state index contributed by atoms with van der Waals surface area (Å²) in [6.45, 7) is 6.61. The van der Waals surface area contributed by atoms with Crippen molar-refractivity contribution in [1.29, 1.82) is 0 Å². The lowest BCUT2D eigenvalue weighted by Crippen LogP contribution is -2.49. The Labute approximate surface area is 377 Å². The predicted octanol–water partition coefficient (Wildman–Crippen LogP) is 8.77. The minimum atomic E-state index is -1.36. The molecular weight excluding hydrogens is 950 g/mol. The normalized spacial score (nSPS) is 26.2. The topological polar surface area (TPSA) is 135 Å². The van der Waals surface area contributed by atoms with Gasteiger partial charge in [0.15, 0.2) is 11.5 Å². The van der Waals surface area contributed by atoms with Crippen molar-refractivity contribution in [1.82, 2.24) is 9.78 Å². The summed E-state index contributed by atoms with van der Waals surface area (Å²) in [5.41, 5.74) is 3.15. The summed E-state index contributed by atoms with van der Waals surface area (Å²) < 4.78 is 14.5. The van der Waals surface area contributed by atoms with Crippen LogP contribution in [0.15, 0.2) is 75.2 Å². The highest BCUT2D eigenvalue weighted by molar-refractivity contribution is 9.13. The molecule has 16 heteroatoms. The van der Waals surface area contributed by atoms with E-state index in [2.05, 4.69) is 36.8 Å². The Morgan fingerprint density at radius 2 is 1.66 bits per heavy atom. The van der Waals surface area contributed by atoms with Crippen molar-refractivity contribution >= 4 is 106 Å². The van der Waals surface area contributed by atoms with E-state index in [4.69, 9.17) is 26.2 Å². The summed E-state index contributed by atoms with van der Waals surface area (Å²) in [5, 5.41) is 17.5. The lowest BCUT2D eigenvalue weighted by atomic mass is 9.51. The van der Waals surface area contributed by atoms with Crippen molar-refractivity contribution in [3.63, 3.8) is 0 Å².